The van der Waals surface area contributed by atoms with Crippen molar-refractivity contribution in [1.29, 1.82) is 0 Å². The molecule has 26 heavy (non-hydrogen) atoms. The van der Waals surface area contributed by atoms with Gasteiger partial charge in [0.2, 0.25) is 0 Å². The highest BCUT2D eigenvalue weighted by atomic mass is 16.5. The number of piperazine rings is 1. The quantitative estimate of drug-likeness (QED) is 0.831. The molecule has 2 amide bonds. The minimum atomic E-state index is 0.171. The molecule has 2 fully saturated rings. The Morgan fingerprint density at radius 3 is 2.38 bits per heavy atom. The van der Waals surface area contributed by atoms with E-state index in [4.69, 9.17) is 4.74 Å². The SMILES string of the molecule is COc1ccc(CN2C[C@H]3CN(Cc4ccccc4)CCN3C2=O)cc1. The Hall–Kier alpha value is -2.53. The van der Waals surface area contributed by atoms with E-state index in [9.17, 15) is 4.79 Å². The molecule has 2 saturated heterocycles. The first-order chi connectivity index (χ1) is 12.7. The van der Waals surface area contributed by atoms with Crippen molar-refractivity contribution in [3.63, 3.8) is 0 Å². The van der Waals surface area contributed by atoms with Gasteiger partial charge in [0.25, 0.3) is 0 Å². The van der Waals surface area contributed by atoms with Crippen LogP contribution in [0.15, 0.2) is 54.6 Å². The summed E-state index contributed by atoms with van der Waals surface area (Å²) in [5, 5.41) is 0. The molecule has 2 aliphatic heterocycles. The summed E-state index contributed by atoms with van der Waals surface area (Å²) >= 11 is 0. The van der Waals surface area contributed by atoms with Crippen LogP contribution in [0, 0.1) is 0 Å². The number of amides is 2. The maximum Gasteiger partial charge on any atom is 0.320 e. The normalized spacial score (nSPS) is 20.3. The van der Waals surface area contributed by atoms with Gasteiger partial charge in [0.05, 0.1) is 13.2 Å². The minimum Gasteiger partial charge on any atom is -0.497 e. The van der Waals surface area contributed by atoms with Gasteiger partial charge in [0, 0.05) is 39.3 Å². The summed E-state index contributed by atoms with van der Waals surface area (Å²) in [6, 6.07) is 19.0. The summed E-state index contributed by atoms with van der Waals surface area (Å²) in [4.78, 5) is 19.2. The lowest BCUT2D eigenvalue weighted by Gasteiger charge is -2.36. The predicted octanol–water partition coefficient (Wildman–Crippen LogP) is 2.82. The van der Waals surface area contributed by atoms with Gasteiger partial charge < -0.3 is 14.5 Å². The van der Waals surface area contributed by atoms with Gasteiger partial charge >= 0.3 is 6.03 Å². The summed E-state index contributed by atoms with van der Waals surface area (Å²) in [5.74, 6) is 0.843. The second-order valence-corrected chi connectivity index (χ2v) is 7.08. The molecule has 0 aliphatic carbocycles. The van der Waals surface area contributed by atoms with Crippen molar-refractivity contribution in [2.24, 2.45) is 0 Å². The maximum absolute atomic E-state index is 12.7. The van der Waals surface area contributed by atoms with Crippen LogP contribution in [0.4, 0.5) is 4.79 Å². The average Bonchev–Trinajstić information content (AvgIpc) is 2.98. The highest BCUT2D eigenvalue weighted by Crippen LogP contribution is 2.24. The van der Waals surface area contributed by atoms with E-state index >= 15 is 0 Å². The van der Waals surface area contributed by atoms with Crippen LogP contribution >= 0.6 is 0 Å². The molecule has 2 aliphatic rings. The molecule has 0 spiro atoms. The highest BCUT2D eigenvalue weighted by Gasteiger charge is 2.40. The molecule has 2 aromatic rings. The van der Waals surface area contributed by atoms with Crippen molar-refractivity contribution in [3.8, 4) is 5.75 Å². The van der Waals surface area contributed by atoms with Gasteiger partial charge in [-0.2, -0.15) is 0 Å². The van der Waals surface area contributed by atoms with E-state index in [2.05, 4.69) is 29.2 Å². The number of fused-ring (bicyclic) bond motifs is 1. The number of hydrogen-bond donors (Lipinski definition) is 0. The van der Waals surface area contributed by atoms with Crippen LogP contribution in [-0.4, -0.2) is 60.1 Å². The van der Waals surface area contributed by atoms with Gasteiger partial charge in [-0.3, -0.25) is 4.90 Å². The van der Waals surface area contributed by atoms with E-state index in [1.54, 1.807) is 7.11 Å². The van der Waals surface area contributed by atoms with Gasteiger partial charge in [0.15, 0.2) is 0 Å². The lowest BCUT2D eigenvalue weighted by atomic mass is 10.1. The lowest BCUT2D eigenvalue weighted by molar-refractivity contribution is 0.116. The van der Waals surface area contributed by atoms with Crippen LogP contribution in [0.5, 0.6) is 5.75 Å². The van der Waals surface area contributed by atoms with E-state index in [0.717, 1.165) is 44.0 Å². The second-order valence-electron chi connectivity index (χ2n) is 7.08. The predicted molar refractivity (Wildman–Crippen MR) is 101 cm³/mol. The fraction of sp³-hybridized carbons (Fsp3) is 0.381. The topological polar surface area (TPSA) is 36.0 Å². The summed E-state index contributed by atoms with van der Waals surface area (Å²) in [6.45, 7) is 5.12. The van der Waals surface area contributed by atoms with Crippen LogP contribution in [0.3, 0.4) is 0 Å². The first-order valence-electron chi connectivity index (χ1n) is 9.17. The Balaban J connectivity index is 1.37. The molecule has 5 nitrogen and oxygen atoms in total. The molecule has 0 N–H and O–H groups in total. The van der Waals surface area contributed by atoms with Crippen molar-refractivity contribution < 1.29 is 9.53 Å². The molecule has 0 bridgehead atoms. The van der Waals surface area contributed by atoms with Crippen molar-refractivity contribution in [3.05, 3.63) is 65.7 Å². The molecule has 5 heteroatoms. The number of hydrogen-bond acceptors (Lipinski definition) is 3. The Kier molecular flexibility index (Phi) is 4.80. The first-order valence-corrected chi connectivity index (χ1v) is 9.17. The molecular weight excluding hydrogens is 326 g/mol. The van der Waals surface area contributed by atoms with Gasteiger partial charge in [-0.25, -0.2) is 4.79 Å². The number of benzene rings is 2. The fourth-order valence-corrected chi connectivity index (χ4v) is 3.91. The average molecular weight is 351 g/mol. The van der Waals surface area contributed by atoms with Gasteiger partial charge in [-0.1, -0.05) is 42.5 Å². The third kappa shape index (κ3) is 3.53. The van der Waals surface area contributed by atoms with Gasteiger partial charge in [-0.15, -0.1) is 0 Å². The summed E-state index contributed by atoms with van der Waals surface area (Å²) in [6.07, 6.45) is 0. The number of ether oxygens (including phenoxy) is 1. The van der Waals surface area contributed by atoms with Crippen LogP contribution in [0.1, 0.15) is 11.1 Å². The Morgan fingerprint density at radius 1 is 0.923 bits per heavy atom. The number of carbonyl (C=O) groups excluding carboxylic acids is 1. The van der Waals surface area contributed by atoms with Crippen molar-refractivity contribution in [2.45, 2.75) is 19.1 Å². The van der Waals surface area contributed by atoms with E-state index in [-0.39, 0.29) is 6.03 Å². The second kappa shape index (κ2) is 7.38. The zero-order chi connectivity index (χ0) is 17.9. The summed E-state index contributed by atoms with van der Waals surface area (Å²) < 4.78 is 5.20. The Morgan fingerprint density at radius 2 is 1.65 bits per heavy atom. The van der Waals surface area contributed by atoms with E-state index in [1.807, 2.05) is 40.1 Å². The molecule has 0 saturated carbocycles. The number of urea groups is 1. The molecule has 2 aromatic carbocycles. The molecule has 1 atom stereocenters. The van der Waals surface area contributed by atoms with Crippen LogP contribution in [0.25, 0.3) is 0 Å². The molecule has 2 heterocycles. The number of methoxy groups -OCH3 is 1. The van der Waals surface area contributed by atoms with Crippen molar-refractivity contribution in [2.75, 3.05) is 33.3 Å². The number of carbonyl (C=O) groups is 1. The molecule has 0 aromatic heterocycles. The molecule has 136 valence electrons. The molecule has 0 unspecified atom stereocenters. The zero-order valence-electron chi connectivity index (χ0n) is 15.2. The lowest BCUT2D eigenvalue weighted by Crippen LogP contribution is -2.51. The largest absolute Gasteiger partial charge is 0.497 e. The molecular formula is C21H25N3O2. The van der Waals surface area contributed by atoms with Crippen molar-refractivity contribution in [1.82, 2.24) is 14.7 Å². The number of rotatable bonds is 5. The van der Waals surface area contributed by atoms with Crippen LogP contribution < -0.4 is 4.74 Å². The fourth-order valence-electron chi connectivity index (χ4n) is 3.91. The van der Waals surface area contributed by atoms with E-state index in [1.165, 1.54) is 5.56 Å². The molecule has 0 radical (unpaired) electrons. The monoisotopic (exact) mass is 351 g/mol. The van der Waals surface area contributed by atoms with Crippen LogP contribution in [-0.2, 0) is 13.1 Å². The minimum absolute atomic E-state index is 0.171. The summed E-state index contributed by atoms with van der Waals surface area (Å²) in [5.41, 5.74) is 2.47. The third-order valence-corrected chi connectivity index (χ3v) is 5.30. The van der Waals surface area contributed by atoms with Crippen molar-refractivity contribution >= 4 is 6.03 Å². The maximum atomic E-state index is 12.7. The van der Waals surface area contributed by atoms with E-state index < -0.39 is 0 Å². The zero-order valence-corrected chi connectivity index (χ0v) is 15.2. The smallest absolute Gasteiger partial charge is 0.320 e. The van der Waals surface area contributed by atoms with Gasteiger partial charge in [0.1, 0.15) is 5.75 Å². The standard InChI is InChI=1S/C21H25N3O2/c1-26-20-9-7-18(8-10-20)14-23-16-19-15-22(11-12-24(19)21(23)25)13-17-5-3-2-4-6-17/h2-10,19H,11-16H2,1H3/t19-/m1/s1. The molecule has 4 rings (SSSR count). The Labute approximate surface area is 154 Å². The highest BCUT2D eigenvalue weighted by molar-refractivity contribution is 5.77. The van der Waals surface area contributed by atoms with E-state index in [0.29, 0.717) is 12.6 Å². The van der Waals surface area contributed by atoms with Gasteiger partial charge in [-0.05, 0) is 23.3 Å². The Bertz CT molecular complexity index is 748. The third-order valence-electron chi connectivity index (χ3n) is 5.30. The van der Waals surface area contributed by atoms with Crippen LogP contribution in [0.2, 0.25) is 0 Å². The number of nitrogens with zero attached hydrogens (tertiary/aromatic N) is 3. The summed E-state index contributed by atoms with van der Waals surface area (Å²) in [7, 11) is 1.66. The first kappa shape index (κ1) is 16.9.